The van der Waals surface area contributed by atoms with Crippen LogP contribution in [0.2, 0.25) is 0 Å². The first-order chi connectivity index (χ1) is 21.8. The van der Waals surface area contributed by atoms with Crippen molar-refractivity contribution in [3.8, 4) is 0 Å². The SMILES string of the molecule is C[C@@H]1/C=C\CCSC2OC(C(OC(=O)c3ccccc3)C(OC(=O)c3ccccc3)C2OC(=O)c2ccccc2)[C@@H]1N[S+](C)[O-]. The Hall–Kier alpha value is -3.61. The zero-order chi connectivity index (χ0) is 31.8. The van der Waals surface area contributed by atoms with E-state index in [1.165, 1.54) is 18.0 Å². The predicted molar refractivity (Wildman–Crippen MR) is 172 cm³/mol. The molecule has 2 bridgehead atoms. The van der Waals surface area contributed by atoms with E-state index in [9.17, 15) is 18.9 Å². The Morgan fingerprint density at radius 2 is 1.24 bits per heavy atom. The molecule has 2 aliphatic heterocycles. The first-order valence-corrected chi connectivity index (χ1v) is 17.2. The summed E-state index contributed by atoms with van der Waals surface area (Å²) < 4.78 is 40.7. The number of benzene rings is 3. The van der Waals surface area contributed by atoms with E-state index in [1.807, 2.05) is 19.1 Å². The number of hydrogen-bond donors (Lipinski definition) is 1. The number of ether oxygens (including phenoxy) is 4. The Balaban J connectivity index is 1.61. The summed E-state index contributed by atoms with van der Waals surface area (Å²) in [5, 5.41) is 0. The number of allylic oxidation sites excluding steroid dienone is 1. The molecular formula is C34H35NO8S2. The molecule has 0 aromatic heterocycles. The lowest BCUT2D eigenvalue weighted by molar-refractivity contribution is -0.207. The van der Waals surface area contributed by atoms with Gasteiger partial charge in [0.15, 0.2) is 18.3 Å². The Labute approximate surface area is 270 Å². The van der Waals surface area contributed by atoms with Crippen LogP contribution in [-0.4, -0.2) is 70.4 Å². The van der Waals surface area contributed by atoms with Crippen molar-refractivity contribution in [3.63, 3.8) is 0 Å². The van der Waals surface area contributed by atoms with Gasteiger partial charge in [0.2, 0.25) is 0 Å². The molecule has 1 saturated heterocycles. The van der Waals surface area contributed by atoms with Gasteiger partial charge in [-0.05, 0) is 54.5 Å². The average molecular weight is 650 g/mol. The molecule has 0 aliphatic carbocycles. The van der Waals surface area contributed by atoms with Crippen LogP contribution in [0.1, 0.15) is 44.4 Å². The standard InChI is InChI=1S/C34H35NO8S2/c1-22-14-12-13-21-44-34-30(42-33(38)25-19-10-5-11-20-25)29(41-32(37)24-17-8-4-9-18-24)28(27(43-34)26(22)35-45(2)39)40-31(36)23-15-6-3-7-16-23/h3-12,14-20,22,26-30,34-35H,13,21H2,1-2H3/b14-12-/t22-,26-,27?,28?,29?,30?,34?,45?/m1/s1. The summed E-state index contributed by atoms with van der Waals surface area (Å²) in [5.41, 5.74) is 0.0354. The van der Waals surface area contributed by atoms with Crippen LogP contribution >= 0.6 is 11.8 Å². The third-order valence-electron chi connectivity index (χ3n) is 7.52. The number of rotatable bonds is 8. The van der Waals surface area contributed by atoms with Gasteiger partial charge in [-0.2, -0.15) is 0 Å². The first-order valence-electron chi connectivity index (χ1n) is 14.6. The van der Waals surface area contributed by atoms with Crippen LogP contribution in [0.5, 0.6) is 0 Å². The molecule has 9 nitrogen and oxygen atoms in total. The average Bonchev–Trinajstić information content (AvgIpc) is 3.06. The van der Waals surface area contributed by atoms with Crippen molar-refractivity contribution in [3.05, 3.63) is 120 Å². The fraction of sp³-hybridized carbons (Fsp3) is 0.324. The van der Waals surface area contributed by atoms with Crippen molar-refractivity contribution in [1.82, 2.24) is 4.72 Å². The zero-order valence-corrected chi connectivity index (χ0v) is 26.5. The Morgan fingerprint density at radius 3 is 1.73 bits per heavy atom. The van der Waals surface area contributed by atoms with Crippen LogP contribution in [-0.2, 0) is 30.3 Å². The summed E-state index contributed by atoms with van der Waals surface area (Å²) >= 11 is -0.0788. The second kappa shape index (κ2) is 15.6. The highest BCUT2D eigenvalue weighted by atomic mass is 32.2. The topological polar surface area (TPSA) is 123 Å². The second-order valence-electron chi connectivity index (χ2n) is 10.7. The van der Waals surface area contributed by atoms with Crippen molar-refractivity contribution < 1.29 is 37.9 Å². The molecule has 236 valence electrons. The van der Waals surface area contributed by atoms with Crippen molar-refractivity contribution in [2.75, 3.05) is 12.0 Å². The molecule has 3 aromatic rings. The van der Waals surface area contributed by atoms with E-state index in [4.69, 9.17) is 18.9 Å². The van der Waals surface area contributed by atoms with Crippen molar-refractivity contribution >= 4 is 41.0 Å². The molecule has 2 heterocycles. The molecule has 0 spiro atoms. The zero-order valence-electron chi connectivity index (χ0n) is 24.9. The molecule has 8 atom stereocenters. The minimum atomic E-state index is -1.48. The summed E-state index contributed by atoms with van der Waals surface area (Å²) in [4.78, 5) is 40.7. The number of carbonyl (C=O) groups excluding carboxylic acids is 3. The molecule has 2 aliphatic rings. The van der Waals surface area contributed by atoms with Gasteiger partial charge in [0.05, 0.1) is 22.7 Å². The Kier molecular flexibility index (Phi) is 11.4. The number of hydrogen-bond acceptors (Lipinski definition) is 10. The van der Waals surface area contributed by atoms with Crippen molar-refractivity contribution in [2.45, 2.75) is 49.2 Å². The fourth-order valence-corrected chi connectivity index (χ4v) is 7.14. The van der Waals surface area contributed by atoms with E-state index in [1.54, 1.807) is 91.0 Å². The van der Waals surface area contributed by atoms with E-state index < -0.39 is 65.2 Å². The monoisotopic (exact) mass is 649 g/mol. The van der Waals surface area contributed by atoms with Crippen molar-refractivity contribution in [2.24, 2.45) is 5.92 Å². The summed E-state index contributed by atoms with van der Waals surface area (Å²) in [6.45, 7) is 1.94. The molecule has 0 saturated carbocycles. The maximum atomic E-state index is 13.6. The maximum Gasteiger partial charge on any atom is 0.338 e. The number of thioether (sulfide) groups is 1. The van der Waals surface area contributed by atoms with Gasteiger partial charge >= 0.3 is 17.9 Å². The van der Waals surface area contributed by atoms with E-state index in [0.717, 1.165) is 0 Å². The largest absolute Gasteiger partial charge is 0.598 e. The van der Waals surface area contributed by atoms with Gasteiger partial charge in [0.1, 0.15) is 17.8 Å². The smallest absolute Gasteiger partial charge is 0.338 e. The van der Waals surface area contributed by atoms with Gasteiger partial charge in [-0.25, -0.2) is 14.4 Å². The van der Waals surface area contributed by atoms with Crippen LogP contribution in [0.3, 0.4) is 0 Å². The highest BCUT2D eigenvalue weighted by Gasteiger charge is 2.56. The lowest BCUT2D eigenvalue weighted by atomic mass is 9.87. The number of esters is 3. The molecule has 0 amide bonds. The van der Waals surface area contributed by atoms with E-state index in [2.05, 4.69) is 4.72 Å². The van der Waals surface area contributed by atoms with E-state index in [-0.39, 0.29) is 17.0 Å². The molecule has 1 N–H and O–H groups in total. The van der Waals surface area contributed by atoms with Gasteiger partial charge in [0, 0.05) is 11.4 Å². The molecule has 5 rings (SSSR count). The van der Waals surface area contributed by atoms with Gasteiger partial charge in [-0.3, -0.25) is 0 Å². The van der Waals surface area contributed by atoms with Gasteiger partial charge in [-0.1, -0.05) is 73.7 Å². The number of nitrogens with one attached hydrogen (secondary N) is 1. The minimum absolute atomic E-state index is 0.227. The number of fused-ring (bicyclic) bond motifs is 2. The highest BCUT2D eigenvalue weighted by molar-refractivity contribution is 7.99. The van der Waals surface area contributed by atoms with Gasteiger partial charge < -0.3 is 23.5 Å². The normalized spacial score (nSPS) is 27.8. The quantitative estimate of drug-likeness (QED) is 0.155. The van der Waals surface area contributed by atoms with Crippen LogP contribution in [0.4, 0.5) is 0 Å². The van der Waals surface area contributed by atoms with Crippen molar-refractivity contribution in [1.29, 1.82) is 0 Å². The molecule has 3 aromatic carbocycles. The summed E-state index contributed by atoms with van der Waals surface area (Å²) in [7, 11) is 0. The predicted octanol–water partition coefficient (Wildman–Crippen LogP) is 4.97. The van der Waals surface area contributed by atoms with E-state index >= 15 is 0 Å². The van der Waals surface area contributed by atoms with Gasteiger partial charge in [-0.15, -0.1) is 16.5 Å². The first kappa shape index (κ1) is 32.8. The molecule has 11 heteroatoms. The molecular weight excluding hydrogens is 615 g/mol. The van der Waals surface area contributed by atoms with E-state index in [0.29, 0.717) is 17.7 Å². The highest BCUT2D eigenvalue weighted by Crippen LogP contribution is 2.38. The van der Waals surface area contributed by atoms with Crippen LogP contribution in [0, 0.1) is 5.92 Å². The third-order valence-corrected chi connectivity index (χ3v) is 9.30. The molecule has 45 heavy (non-hydrogen) atoms. The summed E-state index contributed by atoms with van der Waals surface area (Å²) in [6.07, 6.45) is 1.59. The number of carbonyl (C=O) groups is 3. The molecule has 0 radical (unpaired) electrons. The summed E-state index contributed by atoms with van der Waals surface area (Å²) in [5.74, 6) is -1.62. The second-order valence-corrected chi connectivity index (χ2v) is 13.1. The molecule has 6 unspecified atom stereocenters. The van der Waals surface area contributed by atoms with Crippen LogP contribution in [0.25, 0.3) is 0 Å². The minimum Gasteiger partial charge on any atom is -0.598 e. The molecule has 1 fully saturated rings. The van der Waals surface area contributed by atoms with Crippen LogP contribution in [0.15, 0.2) is 103 Å². The lowest BCUT2D eigenvalue weighted by Gasteiger charge is -2.47. The van der Waals surface area contributed by atoms with Crippen LogP contribution < -0.4 is 4.72 Å². The third kappa shape index (κ3) is 8.36. The Bertz CT molecular complexity index is 1460. The maximum absolute atomic E-state index is 13.6. The van der Waals surface area contributed by atoms with Gasteiger partial charge in [0.25, 0.3) is 0 Å². The Morgan fingerprint density at radius 1 is 0.778 bits per heavy atom. The fourth-order valence-electron chi connectivity index (χ4n) is 5.30. The lowest BCUT2D eigenvalue weighted by Crippen LogP contribution is -2.66. The summed E-state index contributed by atoms with van der Waals surface area (Å²) in [6, 6.07) is 24.6.